The number of hydrogen-bond donors (Lipinski definition) is 1. The van der Waals surface area contributed by atoms with Crippen LogP contribution in [0, 0.1) is 11.8 Å². The SMILES string of the molecule is CC.CN(C)CC#CC(N)=O.[HH]. The highest BCUT2D eigenvalue weighted by molar-refractivity contribution is 5.91. The molecule has 11 heavy (non-hydrogen) atoms. The summed E-state index contributed by atoms with van der Waals surface area (Å²) in [5.74, 6) is 4.24. The van der Waals surface area contributed by atoms with Gasteiger partial charge in [-0.1, -0.05) is 19.8 Å². The lowest BCUT2D eigenvalue weighted by Gasteiger charge is -1.99. The van der Waals surface area contributed by atoms with E-state index in [2.05, 4.69) is 11.8 Å². The highest BCUT2D eigenvalue weighted by atomic mass is 16.1. The molecular weight excluding hydrogens is 140 g/mol. The van der Waals surface area contributed by atoms with Crippen LogP contribution in [-0.2, 0) is 4.79 Å². The molecule has 0 fully saturated rings. The van der Waals surface area contributed by atoms with Gasteiger partial charge in [-0.25, -0.2) is 0 Å². The molecule has 0 bridgehead atoms. The van der Waals surface area contributed by atoms with E-state index in [-0.39, 0.29) is 1.43 Å². The largest absolute Gasteiger partial charge is 0.359 e. The second kappa shape index (κ2) is 8.99. The molecule has 0 aliphatic rings. The Morgan fingerprint density at radius 1 is 1.55 bits per heavy atom. The molecule has 0 unspecified atom stereocenters. The molecule has 66 valence electrons. The molecule has 0 atom stereocenters. The minimum Gasteiger partial charge on any atom is -0.359 e. The molecule has 0 aliphatic heterocycles. The van der Waals surface area contributed by atoms with E-state index in [1.54, 1.807) is 0 Å². The third-order valence-electron chi connectivity index (χ3n) is 0.607. The Morgan fingerprint density at radius 2 is 2.00 bits per heavy atom. The number of carbonyl (C=O) groups is 1. The van der Waals surface area contributed by atoms with Crippen LogP contribution in [0.25, 0.3) is 0 Å². The molecule has 0 aromatic rings. The summed E-state index contributed by atoms with van der Waals surface area (Å²) < 4.78 is 0. The molecule has 3 nitrogen and oxygen atoms in total. The predicted molar refractivity (Wildman–Crippen MR) is 49.0 cm³/mol. The van der Waals surface area contributed by atoms with Crippen molar-refractivity contribution in [2.24, 2.45) is 5.73 Å². The van der Waals surface area contributed by atoms with Crippen molar-refractivity contribution < 1.29 is 6.22 Å². The van der Waals surface area contributed by atoms with Crippen LogP contribution in [0.1, 0.15) is 15.3 Å². The van der Waals surface area contributed by atoms with Crippen molar-refractivity contribution in [2.45, 2.75) is 13.8 Å². The number of amides is 1. The first-order chi connectivity index (χ1) is 5.13. The van der Waals surface area contributed by atoms with E-state index in [1.807, 2.05) is 32.8 Å². The Balaban J connectivity index is -0.000000249. The van der Waals surface area contributed by atoms with Crippen LogP contribution < -0.4 is 5.73 Å². The first-order valence-electron chi connectivity index (χ1n) is 3.56. The van der Waals surface area contributed by atoms with E-state index in [4.69, 9.17) is 5.73 Å². The van der Waals surface area contributed by atoms with Crippen molar-refractivity contribution in [2.75, 3.05) is 20.6 Å². The molecule has 0 saturated carbocycles. The second-order valence-corrected chi connectivity index (χ2v) is 1.90. The molecule has 0 heterocycles. The lowest BCUT2D eigenvalue weighted by atomic mass is 10.5. The molecule has 0 aliphatic carbocycles. The van der Waals surface area contributed by atoms with Gasteiger partial charge in [-0.15, -0.1) is 0 Å². The fourth-order valence-electron chi connectivity index (χ4n) is 0.285. The Kier molecular flexibility index (Phi) is 10.3. The molecule has 3 heteroatoms. The Hall–Kier alpha value is -1.01. The summed E-state index contributed by atoms with van der Waals surface area (Å²) in [7, 11) is 3.74. The summed E-state index contributed by atoms with van der Waals surface area (Å²) in [6.45, 7) is 4.57. The van der Waals surface area contributed by atoms with Gasteiger partial charge in [-0.2, -0.15) is 0 Å². The number of carbonyl (C=O) groups excluding carboxylic acids is 1. The Morgan fingerprint density at radius 3 is 2.27 bits per heavy atom. The molecular formula is C8H18N2O. The first-order valence-corrected chi connectivity index (χ1v) is 3.56. The average Bonchev–Trinajstić information content (AvgIpc) is 1.90. The highest BCUT2D eigenvalue weighted by Gasteiger charge is 1.81. The molecule has 0 saturated heterocycles. The molecule has 0 aromatic heterocycles. The van der Waals surface area contributed by atoms with Crippen LogP contribution >= 0.6 is 0 Å². The van der Waals surface area contributed by atoms with Gasteiger partial charge in [0.05, 0.1) is 6.54 Å². The summed E-state index contributed by atoms with van der Waals surface area (Å²) in [5.41, 5.74) is 4.75. The van der Waals surface area contributed by atoms with Gasteiger partial charge in [0.15, 0.2) is 0 Å². The number of nitrogens with zero attached hydrogens (tertiary/aromatic N) is 1. The number of hydrogen-bond acceptors (Lipinski definition) is 2. The fourth-order valence-corrected chi connectivity index (χ4v) is 0.285. The monoisotopic (exact) mass is 158 g/mol. The fraction of sp³-hybridized carbons (Fsp3) is 0.625. The zero-order valence-electron chi connectivity index (χ0n) is 7.64. The van der Waals surface area contributed by atoms with E-state index in [0.29, 0.717) is 6.54 Å². The van der Waals surface area contributed by atoms with Crippen molar-refractivity contribution in [3.05, 3.63) is 0 Å². The van der Waals surface area contributed by atoms with Crippen LogP contribution in [0.2, 0.25) is 0 Å². The van der Waals surface area contributed by atoms with Crippen LogP contribution in [0.5, 0.6) is 0 Å². The van der Waals surface area contributed by atoms with Crippen molar-refractivity contribution in [3.8, 4) is 11.8 Å². The molecule has 0 aromatic carbocycles. The van der Waals surface area contributed by atoms with Gasteiger partial charge in [0.1, 0.15) is 0 Å². The molecule has 2 N–H and O–H groups in total. The van der Waals surface area contributed by atoms with Gasteiger partial charge in [0.25, 0.3) is 5.91 Å². The maximum Gasteiger partial charge on any atom is 0.293 e. The summed E-state index contributed by atoms with van der Waals surface area (Å²) >= 11 is 0. The zero-order chi connectivity index (χ0) is 9.28. The maximum atomic E-state index is 10.0. The van der Waals surface area contributed by atoms with E-state index >= 15 is 0 Å². The molecule has 1 amide bonds. The van der Waals surface area contributed by atoms with Crippen LogP contribution in [0.3, 0.4) is 0 Å². The van der Waals surface area contributed by atoms with Crippen molar-refractivity contribution >= 4 is 5.91 Å². The van der Waals surface area contributed by atoms with Gasteiger partial charge in [-0.05, 0) is 20.0 Å². The van der Waals surface area contributed by atoms with Crippen molar-refractivity contribution in [1.82, 2.24) is 4.90 Å². The molecule has 0 rings (SSSR count). The van der Waals surface area contributed by atoms with Crippen LogP contribution in [-0.4, -0.2) is 31.4 Å². The predicted octanol–water partition coefficient (Wildman–Crippen LogP) is 0.309. The summed E-state index contributed by atoms with van der Waals surface area (Å²) in [6.07, 6.45) is 0. The smallest absolute Gasteiger partial charge is 0.293 e. The number of nitrogens with two attached hydrogens (primary N) is 1. The van der Waals surface area contributed by atoms with Gasteiger partial charge in [-0.3, -0.25) is 9.69 Å². The lowest BCUT2D eigenvalue weighted by molar-refractivity contribution is -0.112. The second-order valence-electron chi connectivity index (χ2n) is 1.90. The van der Waals surface area contributed by atoms with Crippen molar-refractivity contribution in [3.63, 3.8) is 0 Å². The van der Waals surface area contributed by atoms with Gasteiger partial charge in [0, 0.05) is 1.43 Å². The highest BCUT2D eigenvalue weighted by Crippen LogP contribution is 1.67. The zero-order valence-corrected chi connectivity index (χ0v) is 7.64. The third-order valence-corrected chi connectivity index (χ3v) is 0.607. The van der Waals surface area contributed by atoms with Gasteiger partial charge in [0.2, 0.25) is 0 Å². The topological polar surface area (TPSA) is 46.3 Å². The Bertz CT molecular complexity index is 158. The minimum absolute atomic E-state index is 0. The standard InChI is InChI=1S/C6H10N2O.C2H6.H2/c1-8(2)5-3-4-6(7)9;1-2;/h5H2,1-2H3,(H2,7,9);1-2H3;1H. The molecule has 0 spiro atoms. The lowest BCUT2D eigenvalue weighted by Crippen LogP contribution is -2.12. The van der Waals surface area contributed by atoms with Gasteiger partial charge < -0.3 is 5.73 Å². The summed E-state index contributed by atoms with van der Waals surface area (Å²) in [4.78, 5) is 11.9. The van der Waals surface area contributed by atoms with Crippen LogP contribution in [0.15, 0.2) is 0 Å². The summed E-state index contributed by atoms with van der Waals surface area (Å²) in [6, 6.07) is 0. The maximum absolute atomic E-state index is 10.0. The van der Waals surface area contributed by atoms with E-state index in [9.17, 15) is 4.79 Å². The van der Waals surface area contributed by atoms with Crippen molar-refractivity contribution in [1.29, 1.82) is 0 Å². The summed E-state index contributed by atoms with van der Waals surface area (Å²) in [5, 5.41) is 0. The average molecular weight is 158 g/mol. The normalized spacial score (nSPS) is 7.36. The van der Waals surface area contributed by atoms with E-state index in [1.165, 1.54) is 0 Å². The number of primary amides is 1. The van der Waals surface area contributed by atoms with Gasteiger partial charge >= 0.3 is 0 Å². The third kappa shape index (κ3) is 17.6. The van der Waals surface area contributed by atoms with E-state index < -0.39 is 5.91 Å². The molecule has 0 radical (unpaired) electrons. The van der Waals surface area contributed by atoms with Crippen LogP contribution in [0.4, 0.5) is 0 Å². The Labute approximate surface area is 70.0 Å². The van der Waals surface area contributed by atoms with E-state index in [0.717, 1.165) is 0 Å². The quantitative estimate of drug-likeness (QED) is 0.558. The first kappa shape index (κ1) is 12.6. The minimum atomic E-state index is -0.572. The number of rotatable bonds is 1.